The van der Waals surface area contributed by atoms with Crippen molar-refractivity contribution in [3.8, 4) is 0 Å². The Hall–Kier alpha value is -2.41. The molecule has 1 aliphatic heterocycles. The maximum Gasteiger partial charge on any atom is 0.191 e. The van der Waals surface area contributed by atoms with Crippen molar-refractivity contribution in [2.45, 2.75) is 51.7 Å². The summed E-state index contributed by atoms with van der Waals surface area (Å²) in [5.74, 6) is 0.855. The molecule has 2 aromatic rings. The summed E-state index contributed by atoms with van der Waals surface area (Å²) < 4.78 is 1.83. The molecule has 0 saturated carbocycles. The van der Waals surface area contributed by atoms with Crippen LogP contribution < -0.4 is 10.6 Å². The number of nitrogens with one attached hydrogen (secondary N) is 2. The van der Waals surface area contributed by atoms with Gasteiger partial charge in [-0.1, -0.05) is 30.7 Å². The van der Waals surface area contributed by atoms with Crippen molar-refractivity contribution in [1.29, 1.82) is 0 Å². The van der Waals surface area contributed by atoms with E-state index in [1.165, 1.54) is 36.9 Å². The van der Waals surface area contributed by atoms with Crippen LogP contribution in [0.15, 0.2) is 41.9 Å². The van der Waals surface area contributed by atoms with Crippen LogP contribution in [0.1, 0.15) is 43.7 Å². The third-order valence-corrected chi connectivity index (χ3v) is 5.34. The van der Waals surface area contributed by atoms with E-state index in [1.54, 1.807) is 12.7 Å². The van der Waals surface area contributed by atoms with Crippen LogP contribution in [0.5, 0.6) is 0 Å². The van der Waals surface area contributed by atoms with Crippen molar-refractivity contribution in [3.63, 3.8) is 0 Å². The second-order valence-corrected chi connectivity index (χ2v) is 7.50. The monoisotopic (exact) mass is 383 g/mol. The molecular weight excluding hydrogens is 350 g/mol. The van der Waals surface area contributed by atoms with E-state index in [1.807, 2.05) is 11.7 Å². The van der Waals surface area contributed by atoms with E-state index in [4.69, 9.17) is 0 Å². The molecule has 1 saturated heterocycles. The average Bonchev–Trinajstić information content (AvgIpc) is 3.22. The molecule has 0 aliphatic carbocycles. The highest BCUT2D eigenvalue weighted by Crippen LogP contribution is 2.16. The summed E-state index contributed by atoms with van der Waals surface area (Å²) in [6.07, 6.45) is 8.50. The molecule has 152 valence electrons. The van der Waals surface area contributed by atoms with Gasteiger partial charge in [0.05, 0.1) is 6.54 Å². The van der Waals surface area contributed by atoms with Crippen LogP contribution in [0, 0.1) is 0 Å². The zero-order valence-electron chi connectivity index (χ0n) is 17.1. The normalized spacial score (nSPS) is 18.2. The van der Waals surface area contributed by atoms with Gasteiger partial charge in [0.25, 0.3) is 0 Å². The first kappa shape index (κ1) is 20.3. The molecule has 0 spiro atoms. The van der Waals surface area contributed by atoms with Crippen LogP contribution in [0.2, 0.25) is 0 Å². The maximum absolute atomic E-state index is 4.34. The molecule has 1 fully saturated rings. The maximum atomic E-state index is 4.34. The summed E-state index contributed by atoms with van der Waals surface area (Å²) in [7, 11) is 1.82. The summed E-state index contributed by atoms with van der Waals surface area (Å²) in [6, 6.07) is 9.25. The van der Waals surface area contributed by atoms with Gasteiger partial charge in [-0.3, -0.25) is 4.99 Å². The lowest BCUT2D eigenvalue weighted by Gasteiger charge is -2.33. The standard InChI is InChI=1S/C21H33N7/c1-18-7-3-4-11-27(18)12-6-10-24-21(22-2)25-14-19-8-5-9-20(13-19)15-28-17-23-16-26-28/h5,8-9,13,16-18H,3-4,6-7,10-12,14-15H2,1-2H3,(H2,22,24,25). The summed E-state index contributed by atoms with van der Waals surface area (Å²) in [6.45, 7) is 7.18. The summed E-state index contributed by atoms with van der Waals surface area (Å²) >= 11 is 0. The highest BCUT2D eigenvalue weighted by Gasteiger charge is 2.17. The number of aromatic nitrogens is 3. The molecule has 2 heterocycles. The molecule has 0 radical (unpaired) electrons. The molecule has 1 aromatic carbocycles. The molecule has 1 atom stereocenters. The first-order valence-electron chi connectivity index (χ1n) is 10.3. The fourth-order valence-electron chi connectivity index (χ4n) is 3.72. The van der Waals surface area contributed by atoms with Gasteiger partial charge in [0.1, 0.15) is 12.7 Å². The highest BCUT2D eigenvalue weighted by molar-refractivity contribution is 5.79. The first-order chi connectivity index (χ1) is 13.7. The molecule has 7 heteroatoms. The Morgan fingerprint density at radius 3 is 2.93 bits per heavy atom. The molecule has 0 amide bonds. The average molecular weight is 384 g/mol. The molecular formula is C21H33N7. The zero-order chi connectivity index (χ0) is 19.6. The fourth-order valence-corrected chi connectivity index (χ4v) is 3.72. The Morgan fingerprint density at radius 1 is 1.25 bits per heavy atom. The van der Waals surface area contributed by atoms with Gasteiger partial charge in [-0.2, -0.15) is 5.10 Å². The number of likely N-dealkylation sites (tertiary alicyclic amines) is 1. The predicted molar refractivity (Wildman–Crippen MR) is 113 cm³/mol. The largest absolute Gasteiger partial charge is 0.356 e. The van der Waals surface area contributed by atoms with Crippen molar-refractivity contribution in [2.75, 3.05) is 26.7 Å². The topological polar surface area (TPSA) is 70.4 Å². The van der Waals surface area contributed by atoms with Crippen LogP contribution in [0.4, 0.5) is 0 Å². The molecule has 1 unspecified atom stereocenters. The summed E-state index contributed by atoms with van der Waals surface area (Å²) in [5.41, 5.74) is 2.44. The minimum Gasteiger partial charge on any atom is -0.356 e. The Balaban J connectivity index is 1.39. The van der Waals surface area contributed by atoms with Gasteiger partial charge in [0.2, 0.25) is 0 Å². The fraction of sp³-hybridized carbons (Fsp3) is 0.571. The Labute approximate surface area is 168 Å². The number of aliphatic imine (C=N–C) groups is 1. The van der Waals surface area contributed by atoms with E-state index in [2.05, 4.69) is 61.8 Å². The zero-order valence-corrected chi connectivity index (χ0v) is 17.1. The van der Waals surface area contributed by atoms with Crippen molar-refractivity contribution in [1.82, 2.24) is 30.3 Å². The second kappa shape index (κ2) is 10.8. The quantitative estimate of drug-likeness (QED) is 0.416. The van der Waals surface area contributed by atoms with E-state index >= 15 is 0 Å². The van der Waals surface area contributed by atoms with Crippen LogP contribution in [-0.4, -0.2) is 58.3 Å². The van der Waals surface area contributed by atoms with Gasteiger partial charge in [-0.15, -0.1) is 0 Å². The molecule has 28 heavy (non-hydrogen) atoms. The third kappa shape index (κ3) is 6.34. The molecule has 7 nitrogen and oxygen atoms in total. The van der Waals surface area contributed by atoms with Crippen LogP contribution >= 0.6 is 0 Å². The van der Waals surface area contributed by atoms with Crippen LogP contribution in [-0.2, 0) is 13.1 Å². The lowest BCUT2D eigenvalue weighted by atomic mass is 10.0. The summed E-state index contributed by atoms with van der Waals surface area (Å²) in [4.78, 5) is 11.0. The van der Waals surface area contributed by atoms with Gasteiger partial charge >= 0.3 is 0 Å². The first-order valence-corrected chi connectivity index (χ1v) is 10.3. The van der Waals surface area contributed by atoms with Gasteiger partial charge in [-0.05, 0) is 43.9 Å². The Morgan fingerprint density at radius 2 is 2.14 bits per heavy atom. The van der Waals surface area contributed by atoms with Crippen molar-refractivity contribution >= 4 is 5.96 Å². The number of guanidine groups is 1. The van der Waals surface area contributed by atoms with E-state index < -0.39 is 0 Å². The van der Waals surface area contributed by atoms with Crippen molar-refractivity contribution in [2.24, 2.45) is 4.99 Å². The Bertz CT molecular complexity index is 726. The minimum absolute atomic E-state index is 0.732. The van der Waals surface area contributed by atoms with Gasteiger partial charge < -0.3 is 15.5 Å². The SMILES string of the molecule is CN=C(NCCCN1CCCCC1C)NCc1cccc(Cn2cncn2)c1. The lowest BCUT2D eigenvalue weighted by Crippen LogP contribution is -2.41. The summed E-state index contributed by atoms with van der Waals surface area (Å²) in [5, 5.41) is 11.0. The number of nitrogens with zero attached hydrogens (tertiary/aromatic N) is 5. The number of piperidine rings is 1. The Kier molecular flexibility index (Phi) is 7.84. The lowest BCUT2D eigenvalue weighted by molar-refractivity contribution is 0.159. The molecule has 3 rings (SSSR count). The predicted octanol–water partition coefficient (Wildman–Crippen LogP) is 2.26. The smallest absolute Gasteiger partial charge is 0.191 e. The van der Waals surface area contributed by atoms with Gasteiger partial charge in [0.15, 0.2) is 5.96 Å². The molecule has 1 aromatic heterocycles. The third-order valence-electron chi connectivity index (χ3n) is 5.34. The van der Waals surface area contributed by atoms with E-state index in [0.29, 0.717) is 0 Å². The van der Waals surface area contributed by atoms with E-state index in [-0.39, 0.29) is 0 Å². The molecule has 1 aliphatic rings. The van der Waals surface area contributed by atoms with Crippen LogP contribution in [0.25, 0.3) is 0 Å². The van der Waals surface area contributed by atoms with Gasteiger partial charge in [0, 0.05) is 32.7 Å². The number of hydrogen-bond acceptors (Lipinski definition) is 4. The van der Waals surface area contributed by atoms with E-state index in [9.17, 15) is 0 Å². The minimum atomic E-state index is 0.732. The second-order valence-electron chi connectivity index (χ2n) is 7.50. The number of rotatable bonds is 8. The molecule has 2 N–H and O–H groups in total. The van der Waals surface area contributed by atoms with Crippen molar-refractivity contribution < 1.29 is 0 Å². The van der Waals surface area contributed by atoms with Crippen molar-refractivity contribution in [3.05, 3.63) is 48.0 Å². The van der Waals surface area contributed by atoms with Crippen LogP contribution in [0.3, 0.4) is 0 Å². The number of hydrogen-bond donors (Lipinski definition) is 2. The van der Waals surface area contributed by atoms with Gasteiger partial charge in [-0.25, -0.2) is 9.67 Å². The molecule has 0 bridgehead atoms. The highest BCUT2D eigenvalue weighted by atomic mass is 15.3. The number of benzene rings is 1. The van der Waals surface area contributed by atoms with E-state index in [0.717, 1.165) is 44.6 Å².